The zero-order valence-electron chi connectivity index (χ0n) is 8.77. The van der Waals surface area contributed by atoms with Gasteiger partial charge in [-0.05, 0) is 25.8 Å². The van der Waals surface area contributed by atoms with E-state index in [-0.39, 0.29) is 5.84 Å². The fourth-order valence-corrected chi connectivity index (χ4v) is 1.87. The summed E-state index contributed by atoms with van der Waals surface area (Å²) in [7, 11) is 0. The number of hydrogen-bond acceptors (Lipinski definition) is 4. The van der Waals surface area contributed by atoms with Gasteiger partial charge in [-0.15, -0.1) is 0 Å². The van der Waals surface area contributed by atoms with Crippen molar-refractivity contribution in [1.82, 2.24) is 9.97 Å². The van der Waals surface area contributed by atoms with Crippen LogP contribution in [0.4, 0.5) is 5.95 Å². The third kappa shape index (κ3) is 1.91. The number of rotatable bonds is 2. The average Bonchev–Trinajstić information content (AvgIpc) is 2.64. The first-order valence-corrected chi connectivity index (χ1v) is 5.12. The SMILES string of the molecule is CC1CCCN1c1nccc(C(=N)N)n1. The molecule has 1 saturated heterocycles. The van der Waals surface area contributed by atoms with Gasteiger partial charge in [0.1, 0.15) is 11.5 Å². The average molecular weight is 205 g/mol. The maximum Gasteiger partial charge on any atom is 0.226 e. The molecule has 1 aromatic rings. The number of nitrogens with zero attached hydrogens (tertiary/aromatic N) is 3. The highest BCUT2D eigenvalue weighted by Gasteiger charge is 2.22. The Morgan fingerprint density at radius 2 is 2.47 bits per heavy atom. The molecule has 80 valence electrons. The largest absolute Gasteiger partial charge is 0.382 e. The van der Waals surface area contributed by atoms with E-state index < -0.39 is 0 Å². The van der Waals surface area contributed by atoms with E-state index in [2.05, 4.69) is 21.8 Å². The normalized spacial score (nSPS) is 20.6. The fraction of sp³-hybridized carbons (Fsp3) is 0.500. The summed E-state index contributed by atoms with van der Waals surface area (Å²) in [4.78, 5) is 10.6. The second-order valence-corrected chi connectivity index (χ2v) is 3.84. The predicted octanol–water partition coefficient (Wildman–Crippen LogP) is 0.749. The van der Waals surface area contributed by atoms with E-state index in [4.69, 9.17) is 11.1 Å². The van der Waals surface area contributed by atoms with Crippen molar-refractivity contribution < 1.29 is 0 Å². The van der Waals surface area contributed by atoms with Crippen molar-refractivity contribution in [2.45, 2.75) is 25.8 Å². The number of aromatic nitrogens is 2. The minimum Gasteiger partial charge on any atom is -0.382 e. The molecule has 0 radical (unpaired) electrons. The lowest BCUT2D eigenvalue weighted by Crippen LogP contribution is -2.29. The van der Waals surface area contributed by atoms with Gasteiger partial charge in [-0.1, -0.05) is 0 Å². The van der Waals surface area contributed by atoms with Crippen LogP contribution in [0, 0.1) is 5.41 Å². The molecule has 1 aliphatic heterocycles. The van der Waals surface area contributed by atoms with Crippen molar-refractivity contribution in [3.05, 3.63) is 18.0 Å². The van der Waals surface area contributed by atoms with E-state index in [1.807, 2.05) is 0 Å². The third-order valence-corrected chi connectivity index (χ3v) is 2.73. The van der Waals surface area contributed by atoms with Crippen molar-refractivity contribution in [3.8, 4) is 0 Å². The number of nitrogens with one attached hydrogen (secondary N) is 1. The van der Waals surface area contributed by atoms with Crippen LogP contribution in [0.25, 0.3) is 0 Å². The zero-order valence-corrected chi connectivity index (χ0v) is 8.77. The quantitative estimate of drug-likeness (QED) is 0.551. The van der Waals surface area contributed by atoms with Gasteiger partial charge in [-0.25, -0.2) is 9.97 Å². The second-order valence-electron chi connectivity index (χ2n) is 3.84. The Kier molecular flexibility index (Phi) is 2.53. The molecule has 5 nitrogen and oxygen atoms in total. The van der Waals surface area contributed by atoms with Crippen LogP contribution in [0.3, 0.4) is 0 Å². The molecule has 0 aromatic carbocycles. The predicted molar refractivity (Wildman–Crippen MR) is 59.1 cm³/mol. The summed E-state index contributed by atoms with van der Waals surface area (Å²) in [5.74, 6) is 0.679. The summed E-state index contributed by atoms with van der Waals surface area (Å²) in [6.07, 6.45) is 4.01. The van der Waals surface area contributed by atoms with Gasteiger partial charge in [0.25, 0.3) is 0 Å². The van der Waals surface area contributed by atoms with E-state index in [0.717, 1.165) is 6.54 Å². The summed E-state index contributed by atoms with van der Waals surface area (Å²) < 4.78 is 0. The molecular weight excluding hydrogens is 190 g/mol. The molecule has 0 aliphatic carbocycles. The molecule has 0 saturated carbocycles. The molecule has 15 heavy (non-hydrogen) atoms. The number of nitrogens with two attached hydrogens (primary N) is 1. The van der Waals surface area contributed by atoms with Gasteiger partial charge in [-0.2, -0.15) is 0 Å². The van der Waals surface area contributed by atoms with Gasteiger partial charge in [0, 0.05) is 18.8 Å². The lowest BCUT2D eigenvalue weighted by atomic mass is 10.2. The topological polar surface area (TPSA) is 78.9 Å². The highest BCUT2D eigenvalue weighted by molar-refractivity contribution is 5.93. The molecule has 1 unspecified atom stereocenters. The Labute approximate surface area is 88.8 Å². The third-order valence-electron chi connectivity index (χ3n) is 2.73. The van der Waals surface area contributed by atoms with Crippen molar-refractivity contribution in [1.29, 1.82) is 5.41 Å². The van der Waals surface area contributed by atoms with Crippen molar-refractivity contribution in [3.63, 3.8) is 0 Å². The molecule has 0 amide bonds. The Bertz CT molecular complexity index is 376. The van der Waals surface area contributed by atoms with E-state index >= 15 is 0 Å². The maximum absolute atomic E-state index is 7.32. The molecule has 2 heterocycles. The summed E-state index contributed by atoms with van der Waals surface area (Å²) in [6.45, 7) is 3.15. The molecule has 1 aliphatic rings. The lowest BCUT2D eigenvalue weighted by molar-refractivity contribution is 0.716. The smallest absolute Gasteiger partial charge is 0.226 e. The van der Waals surface area contributed by atoms with E-state index in [1.54, 1.807) is 12.3 Å². The minimum absolute atomic E-state index is 0.00880. The molecule has 1 fully saturated rings. The molecular formula is C10H15N5. The molecule has 1 aromatic heterocycles. The number of anilines is 1. The first-order chi connectivity index (χ1) is 7.18. The Balaban J connectivity index is 2.28. The Hall–Kier alpha value is -1.65. The summed E-state index contributed by atoms with van der Waals surface area (Å²) >= 11 is 0. The van der Waals surface area contributed by atoms with E-state index in [1.165, 1.54) is 12.8 Å². The monoisotopic (exact) mass is 205 g/mol. The summed E-state index contributed by atoms with van der Waals surface area (Å²) in [5, 5.41) is 7.32. The number of nitrogen functional groups attached to an aromatic ring is 1. The summed E-state index contributed by atoms with van der Waals surface area (Å²) in [6, 6.07) is 2.14. The molecule has 1 atom stereocenters. The second kappa shape index (κ2) is 3.84. The van der Waals surface area contributed by atoms with E-state index in [0.29, 0.717) is 17.7 Å². The van der Waals surface area contributed by atoms with E-state index in [9.17, 15) is 0 Å². The van der Waals surface area contributed by atoms with Gasteiger partial charge >= 0.3 is 0 Å². The highest BCUT2D eigenvalue weighted by atomic mass is 15.3. The van der Waals surface area contributed by atoms with Crippen LogP contribution < -0.4 is 10.6 Å². The minimum atomic E-state index is -0.00880. The molecule has 0 bridgehead atoms. The Morgan fingerprint density at radius 1 is 1.67 bits per heavy atom. The van der Waals surface area contributed by atoms with Crippen LogP contribution in [-0.2, 0) is 0 Å². The first kappa shape index (κ1) is 9.89. The van der Waals surface area contributed by atoms with Crippen LogP contribution in [0.2, 0.25) is 0 Å². The van der Waals surface area contributed by atoms with Gasteiger partial charge < -0.3 is 10.6 Å². The van der Waals surface area contributed by atoms with Crippen LogP contribution in [0.1, 0.15) is 25.5 Å². The van der Waals surface area contributed by atoms with Crippen LogP contribution in [-0.4, -0.2) is 28.4 Å². The zero-order chi connectivity index (χ0) is 10.8. The highest BCUT2D eigenvalue weighted by Crippen LogP contribution is 2.21. The number of hydrogen-bond donors (Lipinski definition) is 2. The fourth-order valence-electron chi connectivity index (χ4n) is 1.87. The molecule has 5 heteroatoms. The standard InChI is InChI=1S/C10H15N5/c1-7-3-2-6-15(7)10-13-5-4-8(14-10)9(11)12/h4-5,7H,2-3,6H2,1H3,(H3,11,12). The van der Waals surface area contributed by atoms with Crippen LogP contribution in [0.15, 0.2) is 12.3 Å². The van der Waals surface area contributed by atoms with Crippen molar-refractivity contribution in [2.24, 2.45) is 5.73 Å². The van der Waals surface area contributed by atoms with Crippen LogP contribution >= 0.6 is 0 Å². The lowest BCUT2D eigenvalue weighted by Gasteiger charge is -2.21. The van der Waals surface area contributed by atoms with Gasteiger partial charge in [0.05, 0.1) is 0 Å². The maximum atomic E-state index is 7.32. The molecule has 0 spiro atoms. The Morgan fingerprint density at radius 3 is 3.07 bits per heavy atom. The van der Waals surface area contributed by atoms with Gasteiger partial charge in [0.2, 0.25) is 5.95 Å². The van der Waals surface area contributed by atoms with Gasteiger partial charge in [0.15, 0.2) is 0 Å². The molecule has 2 rings (SSSR count). The van der Waals surface area contributed by atoms with Crippen molar-refractivity contribution >= 4 is 11.8 Å². The molecule has 3 N–H and O–H groups in total. The number of amidine groups is 1. The summed E-state index contributed by atoms with van der Waals surface area (Å²) in [5.41, 5.74) is 5.89. The first-order valence-electron chi connectivity index (χ1n) is 5.12. The van der Waals surface area contributed by atoms with Crippen molar-refractivity contribution in [2.75, 3.05) is 11.4 Å². The van der Waals surface area contributed by atoms with Gasteiger partial charge in [-0.3, -0.25) is 5.41 Å². The van der Waals surface area contributed by atoms with Crippen LogP contribution in [0.5, 0.6) is 0 Å².